The third-order valence-corrected chi connectivity index (χ3v) is 6.52. The van der Waals surface area contributed by atoms with E-state index in [-0.39, 0.29) is 16.1 Å². The number of sulfonamides is 1. The average molecular weight is 458 g/mol. The van der Waals surface area contributed by atoms with Gasteiger partial charge in [-0.3, -0.25) is 13.9 Å². The maximum Gasteiger partial charge on any atom is 0.264 e. The summed E-state index contributed by atoms with van der Waals surface area (Å²) in [7, 11) is -4.07. The monoisotopic (exact) mass is 457 g/mol. The van der Waals surface area contributed by atoms with E-state index in [0.717, 1.165) is 4.31 Å². The zero-order chi connectivity index (χ0) is 22.6. The smallest absolute Gasteiger partial charge is 0.264 e. The Bertz CT molecular complexity index is 1230. The van der Waals surface area contributed by atoms with Crippen molar-refractivity contribution in [3.05, 3.63) is 88.9 Å². The lowest BCUT2D eigenvalue weighted by molar-refractivity contribution is -0.114. The molecule has 0 radical (unpaired) electrons. The van der Waals surface area contributed by atoms with E-state index >= 15 is 0 Å². The van der Waals surface area contributed by atoms with Crippen LogP contribution in [0.25, 0.3) is 0 Å². The number of hydrogen-bond donors (Lipinski definition) is 2. The fourth-order valence-corrected chi connectivity index (χ4v) is 4.78. The molecule has 3 rings (SSSR count). The van der Waals surface area contributed by atoms with Gasteiger partial charge in [-0.2, -0.15) is 0 Å². The summed E-state index contributed by atoms with van der Waals surface area (Å²) in [5.74, 6) is -1.35. The third kappa shape index (κ3) is 5.04. The predicted octanol–water partition coefficient (Wildman–Crippen LogP) is 3.58. The van der Waals surface area contributed by atoms with Crippen molar-refractivity contribution < 1.29 is 18.0 Å². The Morgan fingerprint density at radius 3 is 2.29 bits per heavy atom. The first-order valence-corrected chi connectivity index (χ1v) is 11.0. The van der Waals surface area contributed by atoms with E-state index in [1.165, 1.54) is 24.3 Å². The van der Waals surface area contributed by atoms with Gasteiger partial charge in [-0.1, -0.05) is 41.9 Å². The summed E-state index contributed by atoms with van der Waals surface area (Å²) in [5.41, 5.74) is 6.57. The van der Waals surface area contributed by atoms with Crippen LogP contribution in [-0.2, 0) is 14.8 Å². The van der Waals surface area contributed by atoms with E-state index in [2.05, 4.69) is 5.32 Å². The largest absolute Gasteiger partial charge is 0.366 e. The Morgan fingerprint density at radius 2 is 1.65 bits per heavy atom. The van der Waals surface area contributed by atoms with Crippen molar-refractivity contribution in [3.8, 4) is 0 Å². The first-order valence-electron chi connectivity index (χ1n) is 9.23. The maximum absolute atomic E-state index is 13.4. The van der Waals surface area contributed by atoms with Gasteiger partial charge in [-0.25, -0.2) is 8.42 Å². The quantitative estimate of drug-likeness (QED) is 0.565. The number of nitrogens with zero attached hydrogens (tertiary/aromatic N) is 1. The molecule has 31 heavy (non-hydrogen) atoms. The van der Waals surface area contributed by atoms with E-state index in [4.69, 9.17) is 17.3 Å². The lowest BCUT2D eigenvalue weighted by Crippen LogP contribution is -2.38. The van der Waals surface area contributed by atoms with Gasteiger partial charge in [0.25, 0.3) is 15.9 Å². The molecule has 0 spiro atoms. The molecule has 0 aliphatic heterocycles. The van der Waals surface area contributed by atoms with Gasteiger partial charge in [0, 0.05) is 5.02 Å². The molecule has 0 atom stereocenters. The molecule has 0 saturated heterocycles. The molecule has 0 fully saturated rings. The van der Waals surface area contributed by atoms with Crippen LogP contribution in [0.2, 0.25) is 5.02 Å². The zero-order valence-corrected chi connectivity index (χ0v) is 18.2. The molecule has 160 valence electrons. The Labute approximate surface area is 185 Å². The van der Waals surface area contributed by atoms with E-state index in [9.17, 15) is 18.0 Å². The van der Waals surface area contributed by atoms with Gasteiger partial charge in [0.05, 0.1) is 21.8 Å². The van der Waals surface area contributed by atoms with Crippen LogP contribution in [0, 0.1) is 6.92 Å². The van der Waals surface area contributed by atoms with Crippen molar-refractivity contribution in [1.29, 1.82) is 0 Å². The highest BCUT2D eigenvalue weighted by Gasteiger charge is 2.28. The fraction of sp³-hybridized carbons (Fsp3) is 0.0909. The highest BCUT2D eigenvalue weighted by molar-refractivity contribution is 7.92. The van der Waals surface area contributed by atoms with Gasteiger partial charge < -0.3 is 11.1 Å². The average Bonchev–Trinajstić information content (AvgIpc) is 2.73. The van der Waals surface area contributed by atoms with Crippen molar-refractivity contribution in [2.24, 2.45) is 5.73 Å². The van der Waals surface area contributed by atoms with Crippen LogP contribution >= 0.6 is 11.6 Å². The minimum absolute atomic E-state index is 0.0367. The van der Waals surface area contributed by atoms with E-state index < -0.39 is 28.4 Å². The van der Waals surface area contributed by atoms with Crippen LogP contribution in [0.3, 0.4) is 0 Å². The van der Waals surface area contributed by atoms with Crippen LogP contribution in [0.1, 0.15) is 15.9 Å². The molecule has 0 bridgehead atoms. The summed E-state index contributed by atoms with van der Waals surface area (Å²) in [5, 5.41) is 3.02. The highest BCUT2D eigenvalue weighted by atomic mass is 35.5. The molecule has 0 aromatic heterocycles. The molecule has 0 saturated carbocycles. The van der Waals surface area contributed by atoms with Gasteiger partial charge in [0.15, 0.2) is 0 Å². The van der Waals surface area contributed by atoms with Crippen molar-refractivity contribution in [3.63, 3.8) is 0 Å². The molecule has 0 aliphatic rings. The topological polar surface area (TPSA) is 110 Å². The molecular formula is C22H20ClN3O4S. The highest BCUT2D eigenvalue weighted by Crippen LogP contribution is 2.29. The second-order valence-corrected chi connectivity index (χ2v) is 9.01. The van der Waals surface area contributed by atoms with Gasteiger partial charge in [-0.05, 0) is 55.0 Å². The fourth-order valence-electron chi connectivity index (χ4n) is 3.05. The van der Waals surface area contributed by atoms with Crippen LogP contribution in [0.4, 0.5) is 11.4 Å². The van der Waals surface area contributed by atoms with Crippen LogP contribution in [0.5, 0.6) is 0 Å². The molecule has 2 amide bonds. The number of benzene rings is 3. The Kier molecular flexibility index (Phi) is 6.62. The van der Waals surface area contributed by atoms with Gasteiger partial charge >= 0.3 is 0 Å². The van der Waals surface area contributed by atoms with Crippen LogP contribution in [0.15, 0.2) is 77.7 Å². The predicted molar refractivity (Wildman–Crippen MR) is 121 cm³/mol. The number of carbonyl (C=O) groups is 2. The number of para-hydroxylation sites is 1. The standard InChI is InChI=1S/C22H20ClN3O4S/c1-15-13-16(23)11-12-20(15)26(31(29,30)17-7-3-2-4-8-17)14-21(27)25-19-10-6-5-9-18(19)22(24)28/h2-13H,14H2,1H3,(H2,24,28)(H,25,27). The van der Waals surface area contributed by atoms with E-state index in [1.807, 2.05) is 0 Å². The molecular weight excluding hydrogens is 438 g/mol. The molecule has 3 N–H and O–H groups in total. The molecule has 0 heterocycles. The molecule has 0 unspecified atom stereocenters. The SMILES string of the molecule is Cc1cc(Cl)ccc1N(CC(=O)Nc1ccccc1C(N)=O)S(=O)(=O)c1ccccc1. The van der Waals surface area contributed by atoms with Crippen LogP contribution in [-0.4, -0.2) is 26.8 Å². The van der Waals surface area contributed by atoms with Gasteiger partial charge in [-0.15, -0.1) is 0 Å². The molecule has 0 aliphatic carbocycles. The van der Waals surface area contributed by atoms with Crippen molar-refractivity contribution in [2.75, 3.05) is 16.2 Å². The van der Waals surface area contributed by atoms with Crippen molar-refractivity contribution in [2.45, 2.75) is 11.8 Å². The summed E-state index contributed by atoms with van der Waals surface area (Å²) in [4.78, 5) is 24.5. The van der Waals surface area contributed by atoms with Crippen LogP contribution < -0.4 is 15.4 Å². The second kappa shape index (κ2) is 9.20. The second-order valence-electron chi connectivity index (χ2n) is 6.71. The summed E-state index contributed by atoms with van der Waals surface area (Å²) < 4.78 is 27.8. The maximum atomic E-state index is 13.4. The normalized spacial score (nSPS) is 11.0. The number of amides is 2. The van der Waals surface area contributed by atoms with E-state index in [0.29, 0.717) is 16.3 Å². The van der Waals surface area contributed by atoms with Gasteiger partial charge in [0.2, 0.25) is 5.91 Å². The number of rotatable bonds is 7. The number of halogens is 1. The number of hydrogen-bond acceptors (Lipinski definition) is 4. The number of anilines is 2. The molecule has 3 aromatic rings. The van der Waals surface area contributed by atoms with E-state index in [1.54, 1.807) is 55.5 Å². The molecule has 3 aromatic carbocycles. The first kappa shape index (κ1) is 22.3. The van der Waals surface area contributed by atoms with Crippen molar-refractivity contribution in [1.82, 2.24) is 0 Å². The van der Waals surface area contributed by atoms with Gasteiger partial charge in [0.1, 0.15) is 6.54 Å². The van der Waals surface area contributed by atoms with Crippen molar-refractivity contribution >= 4 is 44.8 Å². The number of nitrogens with two attached hydrogens (primary N) is 1. The lowest BCUT2D eigenvalue weighted by Gasteiger charge is -2.26. The minimum atomic E-state index is -4.07. The zero-order valence-electron chi connectivity index (χ0n) is 16.6. The lowest BCUT2D eigenvalue weighted by atomic mass is 10.1. The summed E-state index contributed by atoms with van der Waals surface area (Å²) in [6.45, 7) is 1.18. The number of carbonyl (C=O) groups excluding carboxylic acids is 2. The summed E-state index contributed by atoms with van der Waals surface area (Å²) in [6.07, 6.45) is 0. The molecule has 9 heteroatoms. The summed E-state index contributed by atoms with van der Waals surface area (Å²) >= 11 is 6.02. The number of primary amides is 1. The Morgan fingerprint density at radius 1 is 1.00 bits per heavy atom. The Balaban J connectivity index is 2.00. The third-order valence-electron chi connectivity index (χ3n) is 4.51. The minimum Gasteiger partial charge on any atom is -0.366 e. The molecule has 7 nitrogen and oxygen atoms in total. The summed E-state index contributed by atoms with van der Waals surface area (Å²) in [6, 6.07) is 18.7. The Hall–Kier alpha value is -3.36. The first-order chi connectivity index (χ1) is 14.7. The number of aryl methyl sites for hydroxylation is 1. The number of nitrogens with one attached hydrogen (secondary N) is 1.